The normalized spacial score (nSPS) is 26.6. The second-order valence-electron chi connectivity index (χ2n) is 7.46. The van der Waals surface area contributed by atoms with Crippen LogP contribution in [0.25, 0.3) is 0 Å². The molecule has 12 nitrogen and oxygen atoms in total. The molecule has 15 heteroatoms. The SMILES string of the molecule is CCOC(=O)[C@H](C)NP(=O)(OC[C@H]1O[C@H](n2ccc(=O)[nH]c2=O)[C@@](F)(Cl)[C@@H]1O)Oc1ccccc1. The molecule has 2 heterocycles. The second-order valence-corrected chi connectivity index (χ2v) is 9.74. The van der Waals surface area contributed by atoms with Gasteiger partial charge in [-0.05, 0) is 26.0 Å². The van der Waals surface area contributed by atoms with Crippen LogP contribution in [-0.4, -0.2) is 57.2 Å². The molecule has 0 bridgehead atoms. The summed E-state index contributed by atoms with van der Waals surface area (Å²) in [6, 6.07) is 7.69. The Labute approximate surface area is 203 Å². The van der Waals surface area contributed by atoms with Crippen LogP contribution in [0.2, 0.25) is 0 Å². The van der Waals surface area contributed by atoms with E-state index in [9.17, 15) is 24.1 Å². The number of halogens is 2. The summed E-state index contributed by atoms with van der Waals surface area (Å²) in [5, 5.41) is 9.81. The standard InChI is InChI=1S/C20H24ClFN3O9P/c1-3-31-17(28)12(2)24-35(30,34-13-7-5-4-6-8-13)32-11-14-16(27)20(21,22)18(33-14)25-10-9-15(26)23-19(25)29/h4-10,12,14,16,18,27H,3,11H2,1-2H3,(H,24,30)(H,23,26,29)/t12-,14+,16+,18-,20+,35?/m0/s1. The van der Waals surface area contributed by atoms with Crippen LogP contribution in [0.1, 0.15) is 20.1 Å². The van der Waals surface area contributed by atoms with Crippen molar-refractivity contribution in [3.05, 3.63) is 63.4 Å². The van der Waals surface area contributed by atoms with E-state index < -0.39 is 61.2 Å². The fraction of sp³-hybridized carbons (Fsp3) is 0.450. The number of hydrogen-bond donors (Lipinski definition) is 3. The molecule has 0 radical (unpaired) electrons. The van der Waals surface area contributed by atoms with Crippen LogP contribution < -0.4 is 20.9 Å². The van der Waals surface area contributed by atoms with Crippen LogP contribution in [0, 0.1) is 0 Å². The lowest BCUT2D eigenvalue weighted by Crippen LogP contribution is -2.42. The Morgan fingerprint density at radius 1 is 1.37 bits per heavy atom. The number of aromatic amines is 1. The number of rotatable bonds is 10. The van der Waals surface area contributed by atoms with Gasteiger partial charge in [-0.3, -0.25) is 23.7 Å². The molecule has 1 aliphatic rings. The van der Waals surface area contributed by atoms with Gasteiger partial charge in [0.05, 0.1) is 13.2 Å². The summed E-state index contributed by atoms with van der Waals surface area (Å²) in [5.74, 6) is -0.603. The number of hydrogen-bond acceptors (Lipinski definition) is 9. The third-order valence-corrected chi connectivity index (χ3v) is 6.91. The van der Waals surface area contributed by atoms with Gasteiger partial charge in [-0.2, -0.15) is 5.09 Å². The monoisotopic (exact) mass is 535 g/mol. The molecule has 1 aromatic heterocycles. The van der Waals surface area contributed by atoms with Crippen molar-refractivity contribution in [3.63, 3.8) is 0 Å². The molecule has 3 N–H and O–H groups in total. The van der Waals surface area contributed by atoms with Crippen molar-refractivity contribution < 1.29 is 37.4 Å². The number of ether oxygens (including phenoxy) is 2. The van der Waals surface area contributed by atoms with Gasteiger partial charge >= 0.3 is 19.4 Å². The molecule has 192 valence electrons. The molecule has 6 atom stereocenters. The number of aromatic nitrogens is 2. The van der Waals surface area contributed by atoms with Crippen LogP contribution in [-0.2, 0) is 23.4 Å². The van der Waals surface area contributed by atoms with Crippen molar-refractivity contribution in [2.45, 2.75) is 43.5 Å². The highest BCUT2D eigenvalue weighted by Gasteiger charge is 2.58. The molecular formula is C20H24ClFN3O9P. The number of aliphatic hydroxyl groups excluding tert-OH is 1. The maximum atomic E-state index is 15.2. The van der Waals surface area contributed by atoms with E-state index in [4.69, 9.17) is 30.1 Å². The zero-order chi connectivity index (χ0) is 25.8. The highest BCUT2D eigenvalue weighted by Crippen LogP contribution is 2.48. The van der Waals surface area contributed by atoms with Gasteiger partial charge in [0.25, 0.3) is 10.7 Å². The van der Waals surface area contributed by atoms with E-state index in [1.54, 1.807) is 25.1 Å². The van der Waals surface area contributed by atoms with Crippen molar-refractivity contribution in [3.8, 4) is 5.75 Å². The first kappa shape index (κ1) is 27.1. The Kier molecular flexibility index (Phi) is 8.52. The summed E-state index contributed by atoms with van der Waals surface area (Å²) < 4.78 is 50.4. The number of benzene rings is 1. The Balaban J connectivity index is 1.80. The molecule has 0 amide bonds. The molecular weight excluding hydrogens is 512 g/mol. The molecule has 1 aliphatic heterocycles. The third kappa shape index (κ3) is 6.37. The topological polar surface area (TPSA) is 158 Å². The van der Waals surface area contributed by atoms with Crippen molar-refractivity contribution in [2.75, 3.05) is 13.2 Å². The quantitative estimate of drug-likeness (QED) is 0.231. The zero-order valence-electron chi connectivity index (χ0n) is 18.6. The first-order chi connectivity index (χ1) is 16.5. The van der Waals surface area contributed by atoms with Crippen molar-refractivity contribution in [2.24, 2.45) is 0 Å². The Morgan fingerprint density at radius 2 is 2.06 bits per heavy atom. The lowest BCUT2D eigenvalue weighted by atomic mass is 10.1. The number of carbonyl (C=O) groups is 1. The molecule has 3 rings (SSSR count). The fourth-order valence-corrected chi connectivity index (χ4v) is 4.96. The molecule has 2 aromatic rings. The second kappa shape index (κ2) is 11.0. The average molecular weight is 536 g/mol. The number of esters is 1. The van der Waals surface area contributed by atoms with E-state index in [-0.39, 0.29) is 12.4 Å². The first-order valence-corrected chi connectivity index (χ1v) is 12.4. The predicted molar refractivity (Wildman–Crippen MR) is 121 cm³/mol. The lowest BCUT2D eigenvalue weighted by molar-refractivity contribution is -0.144. The largest absolute Gasteiger partial charge is 0.465 e. The van der Waals surface area contributed by atoms with Gasteiger partial charge in [0.2, 0.25) is 0 Å². The molecule has 1 unspecified atom stereocenters. The van der Waals surface area contributed by atoms with Crippen LogP contribution in [0.4, 0.5) is 4.39 Å². The predicted octanol–water partition coefficient (Wildman–Crippen LogP) is 1.44. The number of alkyl halides is 2. The van der Waals surface area contributed by atoms with E-state index in [0.29, 0.717) is 4.57 Å². The van der Waals surface area contributed by atoms with Gasteiger partial charge in [0.15, 0.2) is 6.23 Å². The zero-order valence-corrected chi connectivity index (χ0v) is 20.3. The first-order valence-electron chi connectivity index (χ1n) is 10.4. The van der Waals surface area contributed by atoms with Gasteiger partial charge in [0, 0.05) is 12.3 Å². The number of carbonyl (C=O) groups excluding carboxylic acids is 1. The fourth-order valence-electron chi connectivity index (χ4n) is 3.16. The average Bonchev–Trinajstić information content (AvgIpc) is 3.02. The summed E-state index contributed by atoms with van der Waals surface area (Å²) in [4.78, 5) is 37.3. The van der Waals surface area contributed by atoms with Crippen LogP contribution in [0.15, 0.2) is 52.2 Å². The van der Waals surface area contributed by atoms with Crippen molar-refractivity contribution in [1.29, 1.82) is 0 Å². The van der Waals surface area contributed by atoms with Crippen LogP contribution >= 0.6 is 19.3 Å². The summed E-state index contributed by atoms with van der Waals surface area (Å²) in [5.41, 5.74) is -1.76. The van der Waals surface area contributed by atoms with Crippen LogP contribution in [0.3, 0.4) is 0 Å². The van der Waals surface area contributed by atoms with E-state index in [0.717, 1.165) is 12.3 Å². The number of H-pyrrole nitrogens is 1. The minimum absolute atomic E-state index is 0.0808. The summed E-state index contributed by atoms with van der Waals surface area (Å²) >= 11 is 5.84. The van der Waals surface area contributed by atoms with Gasteiger partial charge in [-0.15, -0.1) is 0 Å². The van der Waals surface area contributed by atoms with Crippen molar-refractivity contribution >= 4 is 25.3 Å². The van der Waals surface area contributed by atoms with E-state index in [2.05, 4.69) is 5.09 Å². The summed E-state index contributed by atoms with van der Waals surface area (Å²) in [6.45, 7) is 2.32. The van der Waals surface area contributed by atoms with Crippen LogP contribution in [0.5, 0.6) is 5.75 Å². The molecule has 0 aliphatic carbocycles. The highest BCUT2D eigenvalue weighted by molar-refractivity contribution is 7.52. The van der Waals surface area contributed by atoms with Crippen molar-refractivity contribution in [1.82, 2.24) is 14.6 Å². The number of nitrogens with one attached hydrogen (secondary N) is 2. The Hall–Kier alpha value is -2.54. The maximum Gasteiger partial charge on any atom is 0.459 e. The number of aliphatic hydroxyl groups is 1. The molecule has 0 saturated carbocycles. The minimum Gasteiger partial charge on any atom is -0.465 e. The van der Waals surface area contributed by atoms with E-state index in [1.165, 1.54) is 19.1 Å². The molecule has 35 heavy (non-hydrogen) atoms. The lowest BCUT2D eigenvalue weighted by Gasteiger charge is -2.24. The maximum absolute atomic E-state index is 15.2. The van der Waals surface area contributed by atoms with Gasteiger partial charge in [-0.1, -0.05) is 29.8 Å². The van der Waals surface area contributed by atoms with E-state index >= 15 is 4.39 Å². The summed E-state index contributed by atoms with van der Waals surface area (Å²) in [6.07, 6.45) is -4.46. The summed E-state index contributed by atoms with van der Waals surface area (Å²) in [7, 11) is -4.33. The third-order valence-electron chi connectivity index (χ3n) is 4.85. The molecule has 1 saturated heterocycles. The minimum atomic E-state index is -4.33. The Bertz CT molecular complexity index is 1190. The number of nitrogens with zero attached hydrogens (tertiary/aromatic N) is 1. The van der Waals surface area contributed by atoms with Gasteiger partial charge in [0.1, 0.15) is 24.0 Å². The van der Waals surface area contributed by atoms with Gasteiger partial charge < -0.3 is 19.1 Å². The highest BCUT2D eigenvalue weighted by atomic mass is 35.5. The smallest absolute Gasteiger partial charge is 0.459 e. The molecule has 1 aromatic carbocycles. The van der Waals surface area contributed by atoms with E-state index in [1.807, 2.05) is 4.98 Å². The molecule has 0 spiro atoms. The molecule has 1 fully saturated rings. The van der Waals surface area contributed by atoms with Gasteiger partial charge in [-0.25, -0.2) is 13.8 Å². The number of para-hydroxylation sites is 1. The Morgan fingerprint density at radius 3 is 2.69 bits per heavy atom.